The summed E-state index contributed by atoms with van der Waals surface area (Å²) < 4.78 is 43.1. The summed E-state index contributed by atoms with van der Waals surface area (Å²) in [6, 6.07) is 5.08. The number of anilines is 2. The van der Waals surface area contributed by atoms with Crippen LogP contribution in [0.3, 0.4) is 0 Å². The second kappa shape index (κ2) is 9.01. The van der Waals surface area contributed by atoms with Gasteiger partial charge in [-0.25, -0.2) is 13.2 Å². The minimum Gasteiger partial charge on any atom is -0.480 e. The molecule has 7 nitrogen and oxygen atoms in total. The van der Waals surface area contributed by atoms with Crippen LogP contribution in [0.15, 0.2) is 30.3 Å². The summed E-state index contributed by atoms with van der Waals surface area (Å²) in [5.74, 6) is -5.03. The lowest BCUT2D eigenvalue weighted by atomic mass is 9.92. The summed E-state index contributed by atoms with van der Waals surface area (Å²) in [5, 5.41) is 24.4. The van der Waals surface area contributed by atoms with E-state index in [4.69, 9.17) is 5.11 Å². The molecule has 31 heavy (non-hydrogen) atoms. The number of carbonyl (C=O) groups is 2. The molecule has 0 aromatic heterocycles. The first-order valence-corrected chi connectivity index (χ1v) is 10.3. The Kier molecular flexibility index (Phi) is 6.76. The van der Waals surface area contributed by atoms with Crippen molar-refractivity contribution < 1.29 is 33.0 Å². The van der Waals surface area contributed by atoms with Crippen molar-refractivity contribution in [3.05, 3.63) is 56.9 Å². The third-order valence-corrected chi connectivity index (χ3v) is 5.55. The highest BCUT2D eigenvalue weighted by atomic mass is 127. The monoisotopic (exact) mass is 549 g/mol. The molecule has 0 aliphatic carbocycles. The van der Waals surface area contributed by atoms with Crippen molar-refractivity contribution in [2.24, 2.45) is 0 Å². The van der Waals surface area contributed by atoms with Gasteiger partial charge in [0.15, 0.2) is 11.6 Å². The Labute approximate surface area is 189 Å². The molecule has 0 bridgehead atoms. The van der Waals surface area contributed by atoms with Gasteiger partial charge in [-0.3, -0.25) is 9.59 Å². The molecule has 2 aromatic rings. The van der Waals surface area contributed by atoms with Crippen molar-refractivity contribution >= 4 is 45.8 Å². The molecule has 1 unspecified atom stereocenters. The molecule has 1 aliphatic heterocycles. The number of rotatable bonds is 7. The van der Waals surface area contributed by atoms with Gasteiger partial charge in [-0.2, -0.15) is 0 Å². The number of halogens is 4. The number of nitrogens with one attached hydrogen (secondary N) is 2. The van der Waals surface area contributed by atoms with Gasteiger partial charge in [-0.1, -0.05) is 0 Å². The molecule has 1 saturated heterocycles. The Morgan fingerprint density at radius 2 is 1.87 bits per heavy atom. The second-order valence-corrected chi connectivity index (χ2v) is 8.61. The largest absolute Gasteiger partial charge is 0.480 e. The van der Waals surface area contributed by atoms with Crippen molar-refractivity contribution in [1.29, 1.82) is 0 Å². The quantitative estimate of drug-likeness (QED) is 0.397. The van der Waals surface area contributed by atoms with Crippen LogP contribution >= 0.6 is 22.6 Å². The lowest BCUT2D eigenvalue weighted by Gasteiger charge is -2.47. The van der Waals surface area contributed by atoms with Gasteiger partial charge >= 0.3 is 5.97 Å². The molecule has 1 heterocycles. The Morgan fingerprint density at radius 3 is 2.48 bits per heavy atom. The average Bonchev–Trinajstić information content (AvgIpc) is 2.68. The van der Waals surface area contributed by atoms with Crippen molar-refractivity contribution in [1.82, 2.24) is 10.2 Å². The first-order chi connectivity index (χ1) is 14.5. The maximum Gasteiger partial charge on any atom is 0.320 e. The van der Waals surface area contributed by atoms with Gasteiger partial charge in [-0.05, 0) is 59.8 Å². The number of likely N-dealkylation sites (tertiary alicyclic amines) is 1. The molecule has 166 valence electrons. The van der Waals surface area contributed by atoms with Crippen molar-refractivity contribution in [3.8, 4) is 0 Å². The predicted octanol–water partition coefficient (Wildman–Crippen LogP) is 2.70. The number of hydrogen-bond acceptors (Lipinski definition) is 5. The maximum atomic E-state index is 14.5. The fourth-order valence-electron chi connectivity index (χ4n) is 3.10. The SMILES string of the molecule is CC(NCC1(O)CN(C(=O)c2ccc(F)c(F)c2Nc2ccc(I)cc2F)C1)C(=O)O. The molecular formula is C20H19F3IN3O4. The average molecular weight is 549 g/mol. The fraction of sp³-hybridized carbons (Fsp3) is 0.300. The molecular weight excluding hydrogens is 530 g/mol. The van der Waals surface area contributed by atoms with E-state index in [0.29, 0.717) is 3.57 Å². The molecule has 1 aliphatic rings. The Morgan fingerprint density at radius 1 is 1.19 bits per heavy atom. The first-order valence-electron chi connectivity index (χ1n) is 9.19. The molecule has 0 saturated carbocycles. The van der Waals surface area contributed by atoms with Gasteiger partial charge in [-0.15, -0.1) is 0 Å². The van der Waals surface area contributed by atoms with E-state index in [-0.39, 0.29) is 30.9 Å². The molecule has 0 radical (unpaired) electrons. The van der Waals surface area contributed by atoms with Gasteiger partial charge in [0.1, 0.15) is 17.5 Å². The number of aliphatic hydroxyl groups is 1. The van der Waals surface area contributed by atoms with Gasteiger partial charge in [0.05, 0.1) is 30.0 Å². The topological polar surface area (TPSA) is 102 Å². The molecule has 2 aromatic carbocycles. The standard InChI is InChI=1S/C20H19F3IN3O4/c1-10(19(29)30)25-7-20(31)8-27(9-20)18(28)12-3-4-13(21)16(23)17(12)26-15-5-2-11(24)6-14(15)22/h2-6,10,25-26,31H,7-9H2,1H3,(H,29,30). The minimum atomic E-state index is -1.35. The van der Waals surface area contributed by atoms with Crippen molar-refractivity contribution in [2.45, 2.75) is 18.6 Å². The number of carbonyl (C=O) groups excluding carboxylic acids is 1. The third-order valence-electron chi connectivity index (χ3n) is 4.88. The maximum absolute atomic E-state index is 14.5. The van der Waals surface area contributed by atoms with Crippen LogP contribution in [0.1, 0.15) is 17.3 Å². The van der Waals surface area contributed by atoms with Gasteiger partial charge in [0.25, 0.3) is 5.91 Å². The highest BCUT2D eigenvalue weighted by Crippen LogP contribution is 2.31. The molecule has 4 N–H and O–H groups in total. The number of nitrogens with zero attached hydrogens (tertiary/aromatic N) is 1. The smallest absolute Gasteiger partial charge is 0.320 e. The zero-order valence-corrected chi connectivity index (χ0v) is 18.4. The van der Waals surface area contributed by atoms with Crippen molar-refractivity contribution in [2.75, 3.05) is 25.0 Å². The number of hydrogen-bond donors (Lipinski definition) is 4. The summed E-state index contributed by atoms with van der Waals surface area (Å²) in [6.07, 6.45) is 0. The normalized spacial score (nSPS) is 15.9. The van der Waals surface area contributed by atoms with Crippen LogP contribution in [0.25, 0.3) is 0 Å². The molecule has 3 rings (SSSR count). The summed E-state index contributed by atoms with van der Waals surface area (Å²) in [7, 11) is 0. The zero-order chi connectivity index (χ0) is 22.9. The van der Waals surface area contributed by atoms with Crippen LogP contribution in [-0.4, -0.2) is 58.3 Å². The molecule has 1 atom stereocenters. The zero-order valence-electron chi connectivity index (χ0n) is 16.3. The molecule has 11 heteroatoms. The number of β-amino-alcohol motifs (C(OH)–C–C–N with tert-alkyl or cyclic N) is 1. The number of carboxylic acids is 1. The van der Waals surface area contributed by atoms with E-state index in [1.54, 1.807) is 6.07 Å². The van der Waals surface area contributed by atoms with Crippen LogP contribution in [0, 0.1) is 21.0 Å². The molecule has 1 fully saturated rings. The highest BCUT2D eigenvalue weighted by molar-refractivity contribution is 14.1. The minimum absolute atomic E-state index is 0.0685. The van der Waals surface area contributed by atoms with E-state index in [2.05, 4.69) is 10.6 Å². The van der Waals surface area contributed by atoms with Crippen LogP contribution < -0.4 is 10.6 Å². The molecule has 0 spiro atoms. The Hall–Kier alpha value is -2.38. The first kappa shape index (κ1) is 23.3. The summed E-state index contributed by atoms with van der Waals surface area (Å²) in [5.41, 5.74) is -2.23. The third kappa shape index (κ3) is 5.10. The number of benzene rings is 2. The fourth-order valence-corrected chi connectivity index (χ4v) is 3.55. The van der Waals surface area contributed by atoms with Crippen LogP contribution in [-0.2, 0) is 4.79 Å². The number of aliphatic carboxylic acids is 1. The lowest BCUT2D eigenvalue weighted by Crippen LogP contribution is -2.68. The highest BCUT2D eigenvalue weighted by Gasteiger charge is 2.44. The van der Waals surface area contributed by atoms with Crippen LogP contribution in [0.2, 0.25) is 0 Å². The predicted molar refractivity (Wildman–Crippen MR) is 115 cm³/mol. The Bertz CT molecular complexity index is 1030. The van der Waals surface area contributed by atoms with Crippen LogP contribution in [0.5, 0.6) is 0 Å². The second-order valence-electron chi connectivity index (χ2n) is 7.36. The summed E-state index contributed by atoms with van der Waals surface area (Å²) in [6.45, 7) is 1.07. The van der Waals surface area contributed by atoms with E-state index < -0.39 is 46.7 Å². The van der Waals surface area contributed by atoms with E-state index in [0.717, 1.165) is 12.1 Å². The van der Waals surface area contributed by atoms with E-state index in [1.165, 1.54) is 24.0 Å². The Balaban J connectivity index is 1.78. The van der Waals surface area contributed by atoms with E-state index in [1.807, 2.05) is 22.6 Å². The van der Waals surface area contributed by atoms with Gasteiger partial charge < -0.3 is 25.7 Å². The van der Waals surface area contributed by atoms with E-state index in [9.17, 15) is 27.9 Å². The van der Waals surface area contributed by atoms with Crippen LogP contribution in [0.4, 0.5) is 24.5 Å². The van der Waals surface area contributed by atoms with E-state index >= 15 is 0 Å². The van der Waals surface area contributed by atoms with Crippen molar-refractivity contribution in [3.63, 3.8) is 0 Å². The molecule has 1 amide bonds. The lowest BCUT2D eigenvalue weighted by molar-refractivity contribution is -0.139. The number of carboxylic acid groups (broad SMARTS) is 1. The summed E-state index contributed by atoms with van der Waals surface area (Å²) in [4.78, 5) is 24.9. The summed E-state index contributed by atoms with van der Waals surface area (Å²) >= 11 is 1.90. The van der Waals surface area contributed by atoms with Gasteiger partial charge in [0, 0.05) is 10.1 Å². The number of amides is 1. The van der Waals surface area contributed by atoms with Gasteiger partial charge in [0.2, 0.25) is 0 Å².